The van der Waals surface area contributed by atoms with Gasteiger partial charge in [-0.05, 0) is 47.5 Å². The van der Waals surface area contributed by atoms with Gasteiger partial charge in [0.15, 0.2) is 11.2 Å². The van der Waals surface area contributed by atoms with Crippen molar-refractivity contribution in [2.45, 2.75) is 0 Å². The van der Waals surface area contributed by atoms with Crippen molar-refractivity contribution < 1.29 is 26.2 Å². The van der Waals surface area contributed by atoms with Crippen molar-refractivity contribution in [1.82, 2.24) is 0 Å². The molecular formula is C31H21NO8S. The summed E-state index contributed by atoms with van der Waals surface area (Å²) in [5.41, 5.74) is 1.59. The summed E-state index contributed by atoms with van der Waals surface area (Å²) in [6, 6.07) is 24.5. The first-order valence-corrected chi connectivity index (χ1v) is 13.8. The van der Waals surface area contributed by atoms with E-state index in [-0.39, 0.29) is 44.4 Å². The third-order valence-corrected chi connectivity index (χ3v) is 7.35. The average Bonchev–Trinajstić information content (AvgIpc) is 2.98. The molecule has 0 bridgehead atoms. The summed E-state index contributed by atoms with van der Waals surface area (Å²) in [6.07, 6.45) is 2.65. The molecule has 2 heterocycles. The molecule has 6 rings (SSSR count). The number of hydrogen-bond acceptors (Lipinski definition) is 8. The van der Waals surface area contributed by atoms with Crippen molar-refractivity contribution in [3.05, 3.63) is 124 Å². The lowest BCUT2D eigenvalue weighted by Crippen LogP contribution is -2.20. The molecule has 204 valence electrons. The first kappa shape index (κ1) is 25.9. The molecule has 41 heavy (non-hydrogen) atoms. The Balaban J connectivity index is 1.31. The van der Waals surface area contributed by atoms with Crippen LogP contribution in [0.4, 0.5) is 5.69 Å². The zero-order chi connectivity index (χ0) is 28.6. The van der Waals surface area contributed by atoms with E-state index in [4.69, 9.17) is 17.8 Å². The Morgan fingerprint density at radius 3 is 2.12 bits per heavy atom. The third-order valence-electron chi connectivity index (χ3n) is 6.47. The molecule has 10 heteroatoms. The van der Waals surface area contributed by atoms with Gasteiger partial charge in [0.1, 0.15) is 34.8 Å². The minimum atomic E-state index is -4.48. The van der Waals surface area contributed by atoms with Gasteiger partial charge >= 0.3 is 10.3 Å². The van der Waals surface area contributed by atoms with E-state index in [0.717, 1.165) is 0 Å². The number of hydrogen-bond donors (Lipinski definition) is 1. The van der Waals surface area contributed by atoms with Gasteiger partial charge < -0.3 is 17.8 Å². The second-order valence-corrected chi connectivity index (χ2v) is 10.3. The molecule has 0 saturated carbocycles. The second-order valence-electron chi connectivity index (χ2n) is 9.03. The first-order valence-electron chi connectivity index (χ1n) is 12.3. The largest absolute Gasteiger partial charge is 0.497 e. The van der Waals surface area contributed by atoms with Crippen LogP contribution in [-0.2, 0) is 10.3 Å². The van der Waals surface area contributed by atoms with E-state index in [0.29, 0.717) is 22.4 Å². The average molecular weight is 568 g/mol. The fraction of sp³-hybridized carbons (Fsp3) is 0.0323. The molecule has 2 aromatic heterocycles. The summed E-state index contributed by atoms with van der Waals surface area (Å²) in [6.45, 7) is 0. The van der Waals surface area contributed by atoms with Crippen molar-refractivity contribution in [2.75, 3.05) is 11.8 Å². The van der Waals surface area contributed by atoms with Gasteiger partial charge in [-0.1, -0.05) is 48.5 Å². The van der Waals surface area contributed by atoms with E-state index in [2.05, 4.69) is 4.72 Å². The Hall–Kier alpha value is -5.35. The highest BCUT2D eigenvalue weighted by Gasteiger charge is 2.20. The van der Waals surface area contributed by atoms with E-state index in [1.807, 2.05) is 18.2 Å². The standard InChI is InChI=1S/C31H21NO8S/c1-37-22-13-10-20(11-14-22)25-18-38-26-8-5-9-27(29(26)31(25)34)40-41(35,36)32-21-12-15-23-28(16-21)39-17-24(30(23)33)19-6-3-2-4-7-19/h2-18,32H,1H3. The maximum Gasteiger partial charge on any atom is 0.407 e. The van der Waals surface area contributed by atoms with Crippen molar-refractivity contribution in [3.8, 4) is 33.8 Å². The Bertz CT molecular complexity index is 2130. The summed E-state index contributed by atoms with van der Waals surface area (Å²) in [5.74, 6) is 0.406. The Kier molecular flexibility index (Phi) is 6.52. The second kappa shape index (κ2) is 10.3. The molecule has 0 aliphatic heterocycles. The molecular weight excluding hydrogens is 546 g/mol. The van der Waals surface area contributed by atoms with Gasteiger partial charge in [-0.25, -0.2) is 0 Å². The number of benzene rings is 4. The molecule has 0 aliphatic rings. The van der Waals surface area contributed by atoms with Gasteiger partial charge in [-0.3, -0.25) is 14.3 Å². The number of anilines is 1. The molecule has 0 amide bonds. The zero-order valence-corrected chi connectivity index (χ0v) is 22.3. The van der Waals surface area contributed by atoms with Crippen LogP contribution < -0.4 is 24.5 Å². The normalized spacial score (nSPS) is 11.4. The highest BCUT2D eigenvalue weighted by Crippen LogP contribution is 2.29. The lowest BCUT2D eigenvalue weighted by Gasteiger charge is -2.12. The van der Waals surface area contributed by atoms with Crippen LogP contribution in [0, 0.1) is 0 Å². The SMILES string of the molecule is COc1ccc(-c2coc3cccc(OS(=O)(=O)Nc4ccc5c(=O)c(-c6ccccc6)coc5c4)c3c2=O)cc1. The third kappa shape index (κ3) is 5.04. The Labute approximate surface area is 233 Å². The fourth-order valence-electron chi connectivity index (χ4n) is 4.47. The Morgan fingerprint density at radius 1 is 0.707 bits per heavy atom. The topological polar surface area (TPSA) is 125 Å². The summed E-state index contributed by atoms with van der Waals surface area (Å²) >= 11 is 0. The van der Waals surface area contributed by atoms with Crippen LogP contribution in [0.5, 0.6) is 11.5 Å². The van der Waals surface area contributed by atoms with Crippen LogP contribution in [0.2, 0.25) is 0 Å². The van der Waals surface area contributed by atoms with Crippen molar-refractivity contribution in [3.63, 3.8) is 0 Å². The number of fused-ring (bicyclic) bond motifs is 2. The molecule has 0 fully saturated rings. The summed E-state index contributed by atoms with van der Waals surface area (Å²) in [4.78, 5) is 26.4. The van der Waals surface area contributed by atoms with Gasteiger partial charge in [-0.15, -0.1) is 0 Å². The van der Waals surface area contributed by atoms with Crippen molar-refractivity contribution >= 4 is 37.9 Å². The monoisotopic (exact) mass is 567 g/mol. The van der Waals surface area contributed by atoms with Crippen LogP contribution >= 0.6 is 0 Å². The lowest BCUT2D eigenvalue weighted by atomic mass is 10.1. The zero-order valence-electron chi connectivity index (χ0n) is 21.5. The van der Waals surface area contributed by atoms with E-state index in [9.17, 15) is 18.0 Å². The Morgan fingerprint density at radius 2 is 1.39 bits per heavy atom. The quantitative estimate of drug-likeness (QED) is 0.250. The van der Waals surface area contributed by atoms with Crippen LogP contribution in [0.1, 0.15) is 0 Å². The molecule has 0 aliphatic carbocycles. The maximum atomic E-state index is 13.4. The van der Waals surface area contributed by atoms with Crippen molar-refractivity contribution in [2.24, 2.45) is 0 Å². The van der Waals surface area contributed by atoms with Crippen LogP contribution in [0.25, 0.3) is 44.2 Å². The molecule has 0 spiro atoms. The molecule has 6 aromatic rings. The lowest BCUT2D eigenvalue weighted by molar-refractivity contribution is 0.415. The number of ether oxygens (including phenoxy) is 1. The molecule has 4 aromatic carbocycles. The molecule has 0 atom stereocenters. The number of nitrogens with one attached hydrogen (secondary N) is 1. The van der Waals surface area contributed by atoms with Crippen LogP contribution in [-0.4, -0.2) is 15.5 Å². The van der Waals surface area contributed by atoms with E-state index in [1.165, 1.54) is 56.0 Å². The summed E-state index contributed by atoms with van der Waals surface area (Å²) < 4.78 is 50.1. The summed E-state index contributed by atoms with van der Waals surface area (Å²) in [5, 5.41) is 0.247. The number of methoxy groups -OCH3 is 1. The highest BCUT2D eigenvalue weighted by molar-refractivity contribution is 7.88. The van der Waals surface area contributed by atoms with E-state index >= 15 is 0 Å². The highest BCUT2D eigenvalue weighted by atomic mass is 32.2. The van der Waals surface area contributed by atoms with Crippen LogP contribution in [0.3, 0.4) is 0 Å². The molecule has 0 saturated heterocycles. The van der Waals surface area contributed by atoms with Gasteiger partial charge in [0.2, 0.25) is 5.43 Å². The molecule has 1 N–H and O–H groups in total. The summed E-state index contributed by atoms with van der Waals surface area (Å²) in [7, 11) is -2.94. The molecule has 0 radical (unpaired) electrons. The predicted octanol–water partition coefficient (Wildman–Crippen LogP) is 5.98. The molecule has 0 unspecified atom stereocenters. The van der Waals surface area contributed by atoms with Gasteiger partial charge in [0.25, 0.3) is 0 Å². The van der Waals surface area contributed by atoms with Crippen molar-refractivity contribution in [1.29, 1.82) is 0 Å². The first-order chi connectivity index (χ1) is 19.8. The minimum Gasteiger partial charge on any atom is -0.497 e. The molecule has 9 nitrogen and oxygen atoms in total. The minimum absolute atomic E-state index is 0.0378. The predicted molar refractivity (Wildman–Crippen MR) is 156 cm³/mol. The maximum absolute atomic E-state index is 13.4. The van der Waals surface area contributed by atoms with Gasteiger partial charge in [0, 0.05) is 6.07 Å². The van der Waals surface area contributed by atoms with E-state index in [1.54, 1.807) is 36.4 Å². The number of rotatable bonds is 7. The van der Waals surface area contributed by atoms with Crippen LogP contribution in [0.15, 0.2) is 122 Å². The smallest absolute Gasteiger partial charge is 0.407 e. The van der Waals surface area contributed by atoms with E-state index < -0.39 is 15.7 Å². The van der Waals surface area contributed by atoms with Gasteiger partial charge in [-0.2, -0.15) is 8.42 Å². The van der Waals surface area contributed by atoms with Gasteiger partial charge in [0.05, 0.1) is 29.3 Å². The fourth-order valence-corrected chi connectivity index (χ4v) is 5.31.